The van der Waals surface area contributed by atoms with Crippen LogP contribution in [0.2, 0.25) is 0 Å². The Morgan fingerprint density at radius 3 is 2.82 bits per heavy atom. The first-order valence-corrected chi connectivity index (χ1v) is 5.44. The molecule has 2 heteroatoms. The highest BCUT2D eigenvalue weighted by molar-refractivity contribution is 7.98. The van der Waals surface area contributed by atoms with Crippen LogP contribution in [0.1, 0.15) is 19.3 Å². The highest BCUT2D eigenvalue weighted by Gasteiger charge is 1.86. The van der Waals surface area contributed by atoms with E-state index in [1.54, 1.807) is 0 Å². The Labute approximate surface area is 74.3 Å². The fourth-order valence-corrected chi connectivity index (χ4v) is 1.12. The third-order valence-corrected chi connectivity index (χ3v) is 2.02. The molecule has 0 aliphatic carbocycles. The number of hydrogen-bond donors (Lipinski definition) is 1. The SMILES string of the molecule is C#CCCCCNCCSC. The fraction of sp³-hybridized carbons (Fsp3) is 0.778. The Morgan fingerprint density at radius 2 is 2.18 bits per heavy atom. The largest absolute Gasteiger partial charge is 0.316 e. The predicted octanol–water partition coefficient (Wildman–Crippen LogP) is 1.74. The Kier molecular flexibility index (Phi) is 9.75. The number of thioether (sulfide) groups is 1. The maximum atomic E-state index is 5.12. The zero-order valence-electron chi connectivity index (χ0n) is 7.23. The lowest BCUT2D eigenvalue weighted by Crippen LogP contribution is -2.18. The van der Waals surface area contributed by atoms with Crippen molar-refractivity contribution >= 4 is 11.8 Å². The lowest BCUT2D eigenvalue weighted by atomic mass is 10.2. The summed E-state index contributed by atoms with van der Waals surface area (Å²) in [5.41, 5.74) is 0. The molecule has 0 fully saturated rings. The summed E-state index contributed by atoms with van der Waals surface area (Å²) >= 11 is 1.88. The molecule has 0 bridgehead atoms. The van der Waals surface area contributed by atoms with Crippen LogP contribution in [0.4, 0.5) is 0 Å². The van der Waals surface area contributed by atoms with Gasteiger partial charge in [-0.2, -0.15) is 11.8 Å². The zero-order chi connectivity index (χ0) is 8.36. The number of unbranched alkanes of at least 4 members (excludes halogenated alkanes) is 2. The highest BCUT2D eigenvalue weighted by atomic mass is 32.2. The molecule has 1 N–H and O–H groups in total. The van der Waals surface area contributed by atoms with Gasteiger partial charge in [-0.25, -0.2) is 0 Å². The molecule has 0 aromatic rings. The molecule has 0 unspecified atom stereocenters. The maximum absolute atomic E-state index is 5.12. The molecule has 0 radical (unpaired) electrons. The molecule has 0 heterocycles. The maximum Gasteiger partial charge on any atom is 0.00865 e. The van der Waals surface area contributed by atoms with Crippen LogP contribution in [0.25, 0.3) is 0 Å². The van der Waals surface area contributed by atoms with Gasteiger partial charge in [0.2, 0.25) is 0 Å². The number of hydrogen-bond acceptors (Lipinski definition) is 2. The molecule has 0 saturated carbocycles. The number of terminal acetylenes is 1. The van der Waals surface area contributed by atoms with Gasteiger partial charge in [0.15, 0.2) is 0 Å². The first-order valence-electron chi connectivity index (χ1n) is 4.05. The van der Waals surface area contributed by atoms with E-state index >= 15 is 0 Å². The second kappa shape index (κ2) is 9.87. The Bertz CT molecular complexity index is 107. The first kappa shape index (κ1) is 10.9. The fourth-order valence-electron chi connectivity index (χ4n) is 0.776. The molecule has 0 spiro atoms. The molecule has 0 aromatic heterocycles. The molecule has 0 aliphatic rings. The summed E-state index contributed by atoms with van der Waals surface area (Å²) in [4.78, 5) is 0. The lowest BCUT2D eigenvalue weighted by Gasteiger charge is -2.00. The smallest absolute Gasteiger partial charge is 0.00865 e. The van der Waals surface area contributed by atoms with Crippen molar-refractivity contribution in [3.63, 3.8) is 0 Å². The van der Waals surface area contributed by atoms with Crippen molar-refractivity contribution in [1.29, 1.82) is 0 Å². The number of nitrogens with one attached hydrogen (secondary N) is 1. The molecule has 0 saturated heterocycles. The second-order valence-corrected chi connectivity index (χ2v) is 3.39. The third kappa shape index (κ3) is 9.87. The van der Waals surface area contributed by atoms with Gasteiger partial charge in [-0.3, -0.25) is 0 Å². The van der Waals surface area contributed by atoms with E-state index in [1.165, 1.54) is 12.2 Å². The van der Waals surface area contributed by atoms with Gasteiger partial charge in [-0.15, -0.1) is 12.3 Å². The van der Waals surface area contributed by atoms with Crippen molar-refractivity contribution in [2.24, 2.45) is 0 Å². The molecule has 1 nitrogen and oxygen atoms in total. The van der Waals surface area contributed by atoms with E-state index in [0.29, 0.717) is 0 Å². The van der Waals surface area contributed by atoms with Gasteiger partial charge in [-0.05, 0) is 25.6 Å². The average molecular weight is 171 g/mol. The van der Waals surface area contributed by atoms with E-state index in [9.17, 15) is 0 Å². The van der Waals surface area contributed by atoms with Crippen LogP contribution in [0.5, 0.6) is 0 Å². The van der Waals surface area contributed by atoms with Crippen LogP contribution in [0.3, 0.4) is 0 Å². The predicted molar refractivity (Wildman–Crippen MR) is 53.9 cm³/mol. The van der Waals surface area contributed by atoms with Crippen molar-refractivity contribution < 1.29 is 0 Å². The monoisotopic (exact) mass is 171 g/mol. The van der Waals surface area contributed by atoms with Gasteiger partial charge in [0.05, 0.1) is 0 Å². The molecule has 0 rings (SSSR count). The van der Waals surface area contributed by atoms with Crippen molar-refractivity contribution in [1.82, 2.24) is 5.32 Å². The minimum Gasteiger partial charge on any atom is -0.316 e. The van der Waals surface area contributed by atoms with Crippen LogP contribution in [0.15, 0.2) is 0 Å². The molecule has 0 amide bonds. The van der Waals surface area contributed by atoms with Crippen molar-refractivity contribution in [3.05, 3.63) is 0 Å². The van der Waals surface area contributed by atoms with E-state index in [1.807, 2.05) is 11.8 Å². The van der Waals surface area contributed by atoms with E-state index in [4.69, 9.17) is 6.42 Å². The molecular formula is C9H17NS. The van der Waals surface area contributed by atoms with E-state index in [2.05, 4.69) is 17.5 Å². The highest BCUT2D eigenvalue weighted by Crippen LogP contribution is 1.92. The van der Waals surface area contributed by atoms with Gasteiger partial charge in [0.1, 0.15) is 0 Å². The second-order valence-electron chi connectivity index (χ2n) is 2.40. The molecule has 11 heavy (non-hydrogen) atoms. The Hall–Kier alpha value is -0.130. The summed E-state index contributed by atoms with van der Waals surface area (Å²) < 4.78 is 0. The summed E-state index contributed by atoms with van der Waals surface area (Å²) in [6.07, 6.45) is 10.5. The van der Waals surface area contributed by atoms with Gasteiger partial charge in [0.25, 0.3) is 0 Å². The van der Waals surface area contributed by atoms with Crippen LogP contribution < -0.4 is 5.32 Å². The first-order chi connectivity index (χ1) is 5.41. The van der Waals surface area contributed by atoms with Crippen molar-refractivity contribution in [2.75, 3.05) is 25.1 Å². The molecule has 0 aromatic carbocycles. The quantitative estimate of drug-likeness (QED) is 0.462. The van der Waals surface area contributed by atoms with Crippen molar-refractivity contribution in [2.45, 2.75) is 19.3 Å². The minimum atomic E-state index is 0.921. The Morgan fingerprint density at radius 1 is 1.36 bits per heavy atom. The molecule has 0 aliphatic heterocycles. The number of rotatable bonds is 7. The van der Waals surface area contributed by atoms with Gasteiger partial charge in [-0.1, -0.05) is 0 Å². The van der Waals surface area contributed by atoms with E-state index in [0.717, 1.165) is 25.9 Å². The normalized spacial score (nSPS) is 9.45. The van der Waals surface area contributed by atoms with Gasteiger partial charge < -0.3 is 5.32 Å². The van der Waals surface area contributed by atoms with Crippen molar-refractivity contribution in [3.8, 4) is 12.3 Å². The van der Waals surface area contributed by atoms with Gasteiger partial charge >= 0.3 is 0 Å². The Balaban J connectivity index is 2.75. The van der Waals surface area contributed by atoms with Crippen LogP contribution in [0, 0.1) is 12.3 Å². The standard InChI is InChI=1S/C9H17NS/c1-3-4-5-6-7-10-8-9-11-2/h1,10H,4-9H2,2H3. The summed E-state index contributed by atoms with van der Waals surface area (Å²) in [6, 6.07) is 0. The summed E-state index contributed by atoms with van der Waals surface area (Å²) in [6.45, 7) is 2.24. The van der Waals surface area contributed by atoms with E-state index in [-0.39, 0.29) is 0 Å². The average Bonchev–Trinajstić information content (AvgIpc) is 2.03. The zero-order valence-corrected chi connectivity index (χ0v) is 8.04. The van der Waals surface area contributed by atoms with Crippen LogP contribution >= 0.6 is 11.8 Å². The lowest BCUT2D eigenvalue weighted by molar-refractivity contribution is 0.652. The minimum absolute atomic E-state index is 0.921. The molecule has 0 atom stereocenters. The summed E-state index contributed by atoms with van der Waals surface area (Å²) in [5.74, 6) is 3.84. The third-order valence-electron chi connectivity index (χ3n) is 1.41. The molecular weight excluding hydrogens is 154 g/mol. The topological polar surface area (TPSA) is 12.0 Å². The summed E-state index contributed by atoms with van der Waals surface area (Å²) in [7, 11) is 0. The van der Waals surface area contributed by atoms with E-state index < -0.39 is 0 Å². The molecule has 64 valence electrons. The van der Waals surface area contributed by atoms with Crippen LogP contribution in [-0.2, 0) is 0 Å². The van der Waals surface area contributed by atoms with Crippen LogP contribution in [-0.4, -0.2) is 25.1 Å². The summed E-state index contributed by atoms with van der Waals surface area (Å²) in [5, 5.41) is 3.36. The van der Waals surface area contributed by atoms with Gasteiger partial charge in [0, 0.05) is 18.7 Å².